The van der Waals surface area contributed by atoms with E-state index in [1.54, 1.807) is 6.20 Å². The van der Waals surface area contributed by atoms with Gasteiger partial charge in [0, 0.05) is 25.2 Å². The van der Waals surface area contributed by atoms with Gasteiger partial charge in [-0.2, -0.15) is 0 Å². The first-order valence-corrected chi connectivity index (χ1v) is 14.2. The summed E-state index contributed by atoms with van der Waals surface area (Å²) >= 11 is 1.45. The van der Waals surface area contributed by atoms with Gasteiger partial charge < -0.3 is 10.2 Å². The highest BCUT2D eigenvalue weighted by Crippen LogP contribution is 2.34. The number of halogens is 1. The molecule has 2 aromatic heterocycles. The summed E-state index contributed by atoms with van der Waals surface area (Å²) < 4.78 is 24.8. The average Bonchev–Trinajstić information content (AvgIpc) is 3.30. The SMILES string of the molecule is Cl.NS(=O)(=O)c1ccc(C(=O)N2CCC(CCCNC(=O)C3=Cc4cnc5cccc(n45)S3)CC2)cc1. The lowest BCUT2D eigenvalue weighted by molar-refractivity contribution is -0.116. The van der Waals surface area contributed by atoms with E-state index in [1.165, 1.54) is 36.0 Å². The van der Waals surface area contributed by atoms with Gasteiger partial charge >= 0.3 is 0 Å². The number of nitrogens with two attached hydrogens (primary N) is 1. The van der Waals surface area contributed by atoms with Crippen LogP contribution in [0.3, 0.4) is 0 Å². The van der Waals surface area contributed by atoms with Crippen LogP contribution in [0.15, 0.2) is 63.5 Å². The predicted molar refractivity (Wildman–Crippen MR) is 145 cm³/mol. The highest BCUT2D eigenvalue weighted by atomic mass is 35.5. The van der Waals surface area contributed by atoms with E-state index in [0.29, 0.717) is 36.0 Å². The first kappa shape index (κ1) is 27.2. The Morgan fingerprint density at radius 3 is 2.54 bits per heavy atom. The lowest BCUT2D eigenvalue weighted by atomic mass is 9.92. The topological polar surface area (TPSA) is 127 Å². The van der Waals surface area contributed by atoms with E-state index in [0.717, 1.165) is 42.1 Å². The highest BCUT2D eigenvalue weighted by molar-refractivity contribution is 8.04. The second-order valence-electron chi connectivity index (χ2n) is 9.05. The van der Waals surface area contributed by atoms with Crippen LogP contribution in [0, 0.1) is 5.92 Å². The van der Waals surface area contributed by atoms with Crippen LogP contribution in [0.1, 0.15) is 41.7 Å². The Hall–Kier alpha value is -2.86. The quantitative estimate of drug-likeness (QED) is 0.426. The number of imidazole rings is 1. The maximum atomic E-state index is 12.8. The van der Waals surface area contributed by atoms with E-state index in [2.05, 4.69) is 10.3 Å². The van der Waals surface area contributed by atoms with Crippen molar-refractivity contribution in [2.75, 3.05) is 19.6 Å². The summed E-state index contributed by atoms with van der Waals surface area (Å²) in [4.78, 5) is 32.3. The molecule has 1 fully saturated rings. The molecule has 0 bridgehead atoms. The van der Waals surface area contributed by atoms with Gasteiger partial charge in [-0.3, -0.25) is 14.0 Å². The molecule has 2 amide bonds. The minimum Gasteiger partial charge on any atom is -0.352 e. The first-order valence-electron chi connectivity index (χ1n) is 11.9. The van der Waals surface area contributed by atoms with Gasteiger partial charge in [0.05, 0.1) is 26.7 Å². The smallest absolute Gasteiger partial charge is 0.258 e. The molecule has 1 saturated heterocycles. The Morgan fingerprint density at radius 2 is 1.84 bits per heavy atom. The third kappa shape index (κ3) is 6.01. The summed E-state index contributed by atoms with van der Waals surface area (Å²) in [7, 11) is -3.78. The van der Waals surface area contributed by atoms with Crippen LogP contribution in [0.2, 0.25) is 0 Å². The monoisotopic (exact) mass is 561 g/mol. The van der Waals surface area contributed by atoms with Gasteiger partial charge in [-0.05, 0) is 74.1 Å². The number of primary sulfonamides is 1. The summed E-state index contributed by atoms with van der Waals surface area (Å²) in [6, 6.07) is 11.6. The van der Waals surface area contributed by atoms with Crippen molar-refractivity contribution >= 4 is 57.7 Å². The molecule has 196 valence electrons. The molecule has 12 heteroatoms. The fourth-order valence-electron chi connectivity index (χ4n) is 4.67. The fourth-order valence-corrected chi connectivity index (χ4v) is 6.19. The largest absolute Gasteiger partial charge is 0.352 e. The molecule has 5 rings (SSSR count). The van der Waals surface area contributed by atoms with E-state index in [-0.39, 0.29) is 29.1 Å². The molecule has 2 aliphatic rings. The second-order valence-corrected chi connectivity index (χ2v) is 11.7. The van der Waals surface area contributed by atoms with E-state index >= 15 is 0 Å². The molecule has 4 heterocycles. The number of carbonyl (C=O) groups excluding carboxylic acids is 2. The number of piperidine rings is 1. The van der Waals surface area contributed by atoms with Crippen LogP contribution in [-0.4, -0.2) is 54.2 Å². The number of likely N-dealkylation sites (tertiary alicyclic amines) is 1. The summed E-state index contributed by atoms with van der Waals surface area (Å²) in [6.07, 6.45) is 7.34. The molecule has 3 aromatic rings. The molecule has 37 heavy (non-hydrogen) atoms. The summed E-state index contributed by atoms with van der Waals surface area (Å²) in [5.74, 6) is 0.334. The number of nitrogens with one attached hydrogen (secondary N) is 1. The Kier molecular flexibility index (Phi) is 8.27. The van der Waals surface area contributed by atoms with Crippen molar-refractivity contribution in [2.45, 2.75) is 35.6 Å². The molecule has 0 atom stereocenters. The zero-order valence-electron chi connectivity index (χ0n) is 20.0. The molecule has 0 radical (unpaired) electrons. The van der Waals surface area contributed by atoms with Crippen molar-refractivity contribution in [1.29, 1.82) is 0 Å². The van der Waals surface area contributed by atoms with Gasteiger partial charge in [-0.1, -0.05) is 17.8 Å². The molecule has 1 aromatic carbocycles. The van der Waals surface area contributed by atoms with Crippen LogP contribution in [0.5, 0.6) is 0 Å². The number of hydrogen-bond donors (Lipinski definition) is 2. The number of aromatic nitrogens is 2. The predicted octanol–water partition coefficient (Wildman–Crippen LogP) is 3.30. The van der Waals surface area contributed by atoms with Crippen molar-refractivity contribution in [2.24, 2.45) is 11.1 Å². The molecule has 3 N–H and O–H groups in total. The molecule has 2 aliphatic heterocycles. The molecule has 0 unspecified atom stereocenters. The summed E-state index contributed by atoms with van der Waals surface area (Å²) in [5.41, 5.74) is 2.24. The number of carbonyl (C=O) groups is 2. The summed E-state index contributed by atoms with van der Waals surface area (Å²) in [5, 5.41) is 9.14. The van der Waals surface area contributed by atoms with Gasteiger partial charge in [-0.25, -0.2) is 18.5 Å². The number of hydrogen-bond acceptors (Lipinski definition) is 6. The van der Waals surface area contributed by atoms with E-state index in [1.807, 2.05) is 33.6 Å². The van der Waals surface area contributed by atoms with Gasteiger partial charge in [0.15, 0.2) is 0 Å². The lowest BCUT2D eigenvalue weighted by Crippen LogP contribution is -2.38. The third-order valence-electron chi connectivity index (χ3n) is 6.64. The molecular formula is C25H28ClN5O4S2. The summed E-state index contributed by atoms with van der Waals surface area (Å²) in [6.45, 7) is 1.93. The average molecular weight is 562 g/mol. The number of nitrogens with zero attached hydrogens (tertiary/aromatic N) is 3. The maximum absolute atomic E-state index is 12.8. The first-order chi connectivity index (χ1) is 17.3. The van der Waals surface area contributed by atoms with Gasteiger partial charge in [0.2, 0.25) is 10.0 Å². The second kappa shape index (κ2) is 11.3. The highest BCUT2D eigenvalue weighted by Gasteiger charge is 2.24. The van der Waals surface area contributed by atoms with Crippen molar-refractivity contribution in [1.82, 2.24) is 19.6 Å². The van der Waals surface area contributed by atoms with E-state index < -0.39 is 10.0 Å². The van der Waals surface area contributed by atoms with E-state index in [4.69, 9.17) is 5.14 Å². The van der Waals surface area contributed by atoms with Gasteiger partial charge in [0.25, 0.3) is 11.8 Å². The normalized spacial score (nSPS) is 15.7. The van der Waals surface area contributed by atoms with E-state index in [9.17, 15) is 18.0 Å². The molecule has 0 aliphatic carbocycles. The number of sulfonamides is 1. The van der Waals surface area contributed by atoms with Crippen molar-refractivity contribution in [3.63, 3.8) is 0 Å². The van der Waals surface area contributed by atoms with Gasteiger partial charge in [0.1, 0.15) is 5.65 Å². The minimum atomic E-state index is -3.78. The molecule has 0 spiro atoms. The van der Waals surface area contributed by atoms with Crippen molar-refractivity contribution < 1.29 is 18.0 Å². The minimum absolute atomic E-state index is 0. The standard InChI is InChI=1S/C25H27N5O4S2.ClH/c26-36(33,34)20-8-6-18(7-9-20)25(32)29-13-10-17(11-14-29)3-2-12-27-24(31)21-15-19-16-28-22-4-1-5-23(35-21)30(19)22;/h1,4-9,15-17H,2-3,10-14H2,(H,27,31)(H2,26,33,34);1H. The Labute approximate surface area is 226 Å². The van der Waals surface area contributed by atoms with Crippen molar-refractivity contribution in [3.05, 3.63) is 64.8 Å². The van der Waals surface area contributed by atoms with Crippen LogP contribution in [0.25, 0.3) is 11.7 Å². The maximum Gasteiger partial charge on any atom is 0.258 e. The van der Waals surface area contributed by atoms with Gasteiger partial charge in [-0.15, -0.1) is 12.4 Å². The zero-order valence-corrected chi connectivity index (χ0v) is 22.4. The van der Waals surface area contributed by atoms with Crippen molar-refractivity contribution in [3.8, 4) is 0 Å². The number of thioether (sulfide) groups is 1. The Bertz CT molecular complexity index is 1450. The number of rotatable bonds is 7. The number of amides is 2. The Morgan fingerprint density at radius 1 is 1.11 bits per heavy atom. The van der Waals surface area contributed by atoms with Crippen LogP contribution in [-0.2, 0) is 14.8 Å². The molecular weight excluding hydrogens is 534 g/mol. The molecule has 0 saturated carbocycles. The number of pyridine rings is 1. The van der Waals surface area contributed by atoms with Crippen LogP contribution >= 0.6 is 24.2 Å². The molecule has 9 nitrogen and oxygen atoms in total. The third-order valence-corrected chi connectivity index (χ3v) is 8.62. The van der Waals surface area contributed by atoms with Crippen LogP contribution < -0.4 is 10.5 Å². The zero-order chi connectivity index (χ0) is 25.3. The fraction of sp³-hybridized carbons (Fsp3) is 0.320. The Balaban J connectivity index is 0.00000320. The lowest BCUT2D eigenvalue weighted by Gasteiger charge is -2.32. The van der Waals surface area contributed by atoms with Crippen LogP contribution in [0.4, 0.5) is 0 Å². The number of benzene rings is 1.